The van der Waals surface area contributed by atoms with Crippen LogP contribution in [0.3, 0.4) is 0 Å². The maximum atomic E-state index is 12.6. The number of hydrogen-bond donors (Lipinski definition) is 2. The second kappa shape index (κ2) is 12.2. The number of carbonyl (C=O) groups excluding carboxylic acids is 2. The van der Waals surface area contributed by atoms with Crippen LogP contribution >= 0.6 is 11.6 Å². The highest BCUT2D eigenvalue weighted by Gasteiger charge is 2.35. The van der Waals surface area contributed by atoms with Gasteiger partial charge in [-0.1, -0.05) is 18.5 Å². The molecule has 0 saturated carbocycles. The highest BCUT2D eigenvalue weighted by molar-refractivity contribution is 6.31. The first-order chi connectivity index (χ1) is 15.9. The number of likely N-dealkylation sites (tertiary alicyclic amines) is 1. The summed E-state index contributed by atoms with van der Waals surface area (Å²) in [5.74, 6) is -3.86. The molecular weight excluding hydrogens is 464 g/mol. The summed E-state index contributed by atoms with van der Waals surface area (Å²) < 4.78 is 10.7. The van der Waals surface area contributed by atoms with E-state index in [1.165, 1.54) is 6.20 Å². The molecule has 2 heterocycles. The van der Waals surface area contributed by atoms with E-state index in [4.69, 9.17) is 21.1 Å². The van der Waals surface area contributed by atoms with Crippen LogP contribution < -0.4 is 5.32 Å². The molecule has 0 radical (unpaired) electrons. The second-order valence-corrected chi connectivity index (χ2v) is 9.80. The Bertz CT molecular complexity index is 876. The van der Waals surface area contributed by atoms with Crippen LogP contribution in [-0.4, -0.2) is 68.8 Å². The summed E-state index contributed by atoms with van der Waals surface area (Å²) >= 11 is 6.13. The molecule has 3 atom stereocenters. The van der Waals surface area contributed by atoms with Gasteiger partial charge in [0.05, 0.1) is 23.0 Å². The minimum atomic E-state index is -1.66. The zero-order valence-electron chi connectivity index (χ0n) is 20.5. The van der Waals surface area contributed by atoms with Crippen LogP contribution in [0.15, 0.2) is 6.20 Å². The summed E-state index contributed by atoms with van der Waals surface area (Å²) in [4.78, 5) is 46.9. The van der Waals surface area contributed by atoms with Gasteiger partial charge in [-0.25, -0.2) is 14.8 Å². The van der Waals surface area contributed by atoms with Crippen LogP contribution in [0.2, 0.25) is 5.02 Å². The number of carboxylic acids is 1. The molecule has 0 bridgehead atoms. The van der Waals surface area contributed by atoms with E-state index < -0.39 is 29.6 Å². The van der Waals surface area contributed by atoms with Crippen molar-refractivity contribution in [2.45, 2.75) is 90.4 Å². The number of piperidine rings is 1. The third-order valence-electron chi connectivity index (χ3n) is 5.44. The van der Waals surface area contributed by atoms with E-state index in [1.807, 2.05) is 27.7 Å². The molecular formula is C23H35ClN4O6. The Morgan fingerprint density at radius 3 is 2.65 bits per heavy atom. The van der Waals surface area contributed by atoms with E-state index >= 15 is 0 Å². The molecule has 0 spiro atoms. The van der Waals surface area contributed by atoms with Gasteiger partial charge >= 0.3 is 18.0 Å². The van der Waals surface area contributed by atoms with Crippen molar-refractivity contribution < 1.29 is 29.0 Å². The van der Waals surface area contributed by atoms with Gasteiger partial charge in [0.25, 0.3) is 0 Å². The van der Waals surface area contributed by atoms with Gasteiger partial charge in [0.2, 0.25) is 5.95 Å². The van der Waals surface area contributed by atoms with Crippen molar-refractivity contribution in [3.05, 3.63) is 16.9 Å². The maximum Gasteiger partial charge on any atom is 0.410 e. The average molecular weight is 499 g/mol. The van der Waals surface area contributed by atoms with Gasteiger partial charge < -0.3 is 24.8 Å². The summed E-state index contributed by atoms with van der Waals surface area (Å²) in [6, 6.07) is 0.000137. The summed E-state index contributed by atoms with van der Waals surface area (Å²) in [6.07, 6.45) is 4.47. The molecule has 1 aromatic heterocycles. The SMILES string of the molecule is CCC(C)OC(=O)C(C(=O)O)c1nc(NCCC2CCCCN2C(=O)OC(C)(C)C)ncc1Cl. The number of aliphatic carboxylic acids is 1. The van der Waals surface area contributed by atoms with E-state index in [0.29, 0.717) is 25.9 Å². The Morgan fingerprint density at radius 1 is 1.32 bits per heavy atom. The molecule has 1 aliphatic rings. The van der Waals surface area contributed by atoms with E-state index in [1.54, 1.807) is 11.8 Å². The molecule has 190 valence electrons. The maximum absolute atomic E-state index is 12.6. The largest absolute Gasteiger partial charge is 0.480 e. The first-order valence-electron chi connectivity index (χ1n) is 11.6. The minimum Gasteiger partial charge on any atom is -0.480 e. The summed E-state index contributed by atoms with van der Waals surface area (Å²) in [7, 11) is 0. The molecule has 0 aliphatic carbocycles. The number of ether oxygens (including phenoxy) is 2. The van der Waals surface area contributed by atoms with Crippen LogP contribution in [0, 0.1) is 0 Å². The Hall–Kier alpha value is -2.62. The molecule has 1 fully saturated rings. The smallest absolute Gasteiger partial charge is 0.410 e. The summed E-state index contributed by atoms with van der Waals surface area (Å²) in [5, 5.41) is 12.6. The van der Waals surface area contributed by atoms with Crippen LogP contribution in [0.5, 0.6) is 0 Å². The Balaban J connectivity index is 2.07. The van der Waals surface area contributed by atoms with Gasteiger partial charge in [-0.3, -0.25) is 9.59 Å². The predicted octanol–water partition coefficient (Wildman–Crippen LogP) is 4.23. The Morgan fingerprint density at radius 2 is 2.03 bits per heavy atom. The van der Waals surface area contributed by atoms with Gasteiger partial charge in [-0.15, -0.1) is 0 Å². The first kappa shape index (κ1) is 27.6. The molecule has 10 nitrogen and oxygen atoms in total. The molecule has 11 heteroatoms. The Kier molecular flexibility index (Phi) is 9.90. The summed E-state index contributed by atoms with van der Waals surface area (Å²) in [6.45, 7) is 10.1. The standard InChI is InChI=1S/C23H35ClN4O6/c1-6-14(2)33-20(31)17(19(29)30)18-16(24)13-26-21(27-18)25-11-10-15-9-7-8-12-28(15)22(32)34-23(3,4)5/h13-15,17H,6-12H2,1-5H3,(H,29,30)(H,25,26,27). The molecule has 0 aromatic carbocycles. The van der Waals surface area contributed by atoms with Gasteiger partial charge in [0, 0.05) is 19.1 Å². The number of nitrogens with one attached hydrogen (secondary N) is 1. The molecule has 1 saturated heterocycles. The molecule has 3 unspecified atom stereocenters. The number of esters is 1. The summed E-state index contributed by atoms with van der Waals surface area (Å²) in [5.41, 5.74) is -0.699. The molecule has 1 aromatic rings. The Labute approximate surface area is 205 Å². The highest BCUT2D eigenvalue weighted by atomic mass is 35.5. The van der Waals surface area contributed by atoms with Crippen LogP contribution in [0.4, 0.5) is 10.7 Å². The van der Waals surface area contributed by atoms with Crippen LogP contribution in [-0.2, 0) is 19.1 Å². The average Bonchev–Trinajstić information content (AvgIpc) is 2.74. The third-order valence-corrected chi connectivity index (χ3v) is 5.73. The van der Waals surface area contributed by atoms with Crippen molar-refractivity contribution in [3.63, 3.8) is 0 Å². The zero-order valence-corrected chi connectivity index (χ0v) is 21.2. The predicted molar refractivity (Wildman–Crippen MR) is 127 cm³/mol. The quantitative estimate of drug-likeness (QED) is 0.379. The minimum absolute atomic E-state index is 0.000137. The fourth-order valence-corrected chi connectivity index (χ4v) is 3.76. The number of carbonyl (C=O) groups is 3. The lowest BCUT2D eigenvalue weighted by Gasteiger charge is -2.36. The van der Waals surface area contributed by atoms with Crippen molar-refractivity contribution in [1.29, 1.82) is 0 Å². The number of carboxylic acid groups (broad SMARTS) is 1. The molecule has 1 amide bonds. The van der Waals surface area contributed by atoms with Crippen molar-refractivity contribution in [3.8, 4) is 0 Å². The first-order valence-corrected chi connectivity index (χ1v) is 12.0. The zero-order chi connectivity index (χ0) is 25.5. The van der Waals surface area contributed by atoms with Crippen LogP contribution in [0.25, 0.3) is 0 Å². The van der Waals surface area contributed by atoms with Gasteiger partial charge in [0.15, 0.2) is 5.92 Å². The number of anilines is 1. The van der Waals surface area contributed by atoms with Crippen molar-refractivity contribution in [1.82, 2.24) is 14.9 Å². The molecule has 2 N–H and O–H groups in total. The van der Waals surface area contributed by atoms with E-state index in [-0.39, 0.29) is 28.8 Å². The number of halogens is 1. The topological polar surface area (TPSA) is 131 Å². The fraction of sp³-hybridized carbons (Fsp3) is 0.696. The lowest BCUT2D eigenvalue weighted by molar-refractivity contribution is -0.157. The van der Waals surface area contributed by atoms with E-state index in [9.17, 15) is 19.5 Å². The third kappa shape index (κ3) is 8.00. The van der Waals surface area contributed by atoms with Crippen molar-refractivity contribution in [2.24, 2.45) is 0 Å². The van der Waals surface area contributed by atoms with Gasteiger partial charge in [0.1, 0.15) is 5.60 Å². The normalized spacial score (nSPS) is 18.1. The van der Waals surface area contributed by atoms with Gasteiger partial charge in [-0.2, -0.15) is 0 Å². The lowest BCUT2D eigenvalue weighted by atomic mass is 10.00. The number of rotatable bonds is 9. The molecule has 34 heavy (non-hydrogen) atoms. The second-order valence-electron chi connectivity index (χ2n) is 9.39. The van der Waals surface area contributed by atoms with Crippen molar-refractivity contribution in [2.75, 3.05) is 18.4 Å². The number of hydrogen-bond acceptors (Lipinski definition) is 8. The number of amides is 1. The lowest BCUT2D eigenvalue weighted by Crippen LogP contribution is -2.46. The molecule has 2 rings (SSSR count). The van der Waals surface area contributed by atoms with Gasteiger partial charge in [-0.05, 0) is 59.8 Å². The highest BCUT2D eigenvalue weighted by Crippen LogP contribution is 2.26. The van der Waals surface area contributed by atoms with Crippen molar-refractivity contribution >= 4 is 35.6 Å². The van der Waals surface area contributed by atoms with Crippen LogP contribution in [0.1, 0.15) is 78.3 Å². The fourth-order valence-electron chi connectivity index (χ4n) is 3.56. The number of nitrogens with zero attached hydrogens (tertiary/aromatic N) is 3. The monoisotopic (exact) mass is 498 g/mol. The molecule has 1 aliphatic heterocycles. The van der Waals surface area contributed by atoms with E-state index in [0.717, 1.165) is 19.3 Å². The number of aromatic nitrogens is 2. The van der Waals surface area contributed by atoms with E-state index in [2.05, 4.69) is 15.3 Å².